The van der Waals surface area contributed by atoms with E-state index in [1.165, 1.54) is 11.8 Å². The van der Waals surface area contributed by atoms with Crippen molar-refractivity contribution >= 4 is 23.6 Å². The van der Waals surface area contributed by atoms with E-state index in [0.717, 1.165) is 31.9 Å². The zero-order chi connectivity index (χ0) is 16.4. The number of nitrogens with zero attached hydrogens (tertiary/aromatic N) is 6. The van der Waals surface area contributed by atoms with Crippen LogP contribution in [0.3, 0.4) is 0 Å². The molecule has 3 heterocycles. The fourth-order valence-electron chi connectivity index (χ4n) is 2.60. The molecule has 8 nitrogen and oxygen atoms in total. The number of piperazine rings is 1. The van der Waals surface area contributed by atoms with Crippen LogP contribution in [0, 0.1) is 0 Å². The van der Waals surface area contributed by atoms with Crippen molar-refractivity contribution in [2.75, 3.05) is 36.8 Å². The number of hydrogen-bond donors (Lipinski definition) is 0. The fourth-order valence-corrected chi connectivity index (χ4v) is 3.27. The van der Waals surface area contributed by atoms with Crippen LogP contribution in [0.25, 0.3) is 0 Å². The summed E-state index contributed by atoms with van der Waals surface area (Å²) in [7, 11) is 0. The molecule has 4 rings (SSSR count). The molecule has 0 spiro atoms. The van der Waals surface area contributed by atoms with Gasteiger partial charge in [-0.2, -0.15) is 0 Å². The van der Waals surface area contributed by atoms with E-state index in [9.17, 15) is 4.79 Å². The summed E-state index contributed by atoms with van der Waals surface area (Å²) in [5.74, 6) is 2.29. The molecule has 2 fully saturated rings. The maximum atomic E-state index is 12.3. The lowest BCUT2D eigenvalue weighted by Crippen LogP contribution is -2.49. The number of carbonyl (C=O) groups is 1. The van der Waals surface area contributed by atoms with Gasteiger partial charge in [0.1, 0.15) is 0 Å². The number of amides is 1. The molecule has 0 aromatic carbocycles. The molecule has 0 unspecified atom stereocenters. The maximum Gasteiger partial charge on any atom is 0.277 e. The second kappa shape index (κ2) is 6.76. The lowest BCUT2D eigenvalue weighted by molar-refractivity contribution is -0.128. The number of thioether (sulfide) groups is 1. The molecule has 0 bridgehead atoms. The molecule has 2 aromatic rings. The molecular weight excluding hydrogens is 328 g/mol. The Morgan fingerprint density at radius 1 is 1.17 bits per heavy atom. The number of hydrogen-bond acceptors (Lipinski definition) is 8. The number of anilines is 1. The monoisotopic (exact) mass is 346 g/mol. The van der Waals surface area contributed by atoms with E-state index < -0.39 is 0 Å². The fraction of sp³-hybridized carbons (Fsp3) is 0.533. The van der Waals surface area contributed by atoms with Crippen LogP contribution < -0.4 is 4.90 Å². The summed E-state index contributed by atoms with van der Waals surface area (Å²) in [6.07, 6.45) is 5.72. The highest BCUT2D eigenvalue weighted by Crippen LogP contribution is 2.39. The molecule has 126 valence electrons. The minimum atomic E-state index is 0.0970. The van der Waals surface area contributed by atoms with Crippen molar-refractivity contribution in [1.82, 2.24) is 25.1 Å². The first-order valence-corrected chi connectivity index (χ1v) is 9.04. The van der Waals surface area contributed by atoms with Gasteiger partial charge in [0.25, 0.3) is 5.22 Å². The van der Waals surface area contributed by atoms with Crippen LogP contribution in [0.1, 0.15) is 24.7 Å². The number of carbonyl (C=O) groups excluding carboxylic acids is 1. The molecular formula is C15H18N6O2S. The molecule has 2 aliphatic rings. The van der Waals surface area contributed by atoms with Gasteiger partial charge in [-0.3, -0.25) is 4.79 Å². The van der Waals surface area contributed by atoms with Gasteiger partial charge in [-0.05, 0) is 18.9 Å². The van der Waals surface area contributed by atoms with E-state index in [1.54, 1.807) is 18.5 Å². The minimum absolute atomic E-state index is 0.0970. The topological polar surface area (TPSA) is 88.3 Å². The van der Waals surface area contributed by atoms with Gasteiger partial charge in [-0.15, -0.1) is 10.2 Å². The minimum Gasteiger partial charge on any atom is -0.416 e. The summed E-state index contributed by atoms with van der Waals surface area (Å²) in [6.45, 7) is 2.84. The lowest BCUT2D eigenvalue weighted by atomic mass is 10.3. The second-order valence-corrected chi connectivity index (χ2v) is 6.81. The molecule has 1 saturated carbocycles. The average molecular weight is 346 g/mol. The number of rotatable bonds is 5. The molecule has 0 atom stereocenters. The molecule has 1 amide bonds. The Kier molecular flexibility index (Phi) is 4.33. The van der Waals surface area contributed by atoms with E-state index in [4.69, 9.17) is 4.42 Å². The summed E-state index contributed by atoms with van der Waals surface area (Å²) >= 11 is 1.32. The Labute approximate surface area is 143 Å². The first-order chi connectivity index (χ1) is 11.8. The quantitative estimate of drug-likeness (QED) is 0.746. The highest BCUT2D eigenvalue weighted by Gasteiger charge is 2.29. The van der Waals surface area contributed by atoms with Crippen molar-refractivity contribution in [2.45, 2.75) is 24.0 Å². The van der Waals surface area contributed by atoms with Gasteiger partial charge in [0.15, 0.2) is 0 Å². The van der Waals surface area contributed by atoms with Gasteiger partial charge in [-0.1, -0.05) is 11.8 Å². The van der Waals surface area contributed by atoms with E-state index in [-0.39, 0.29) is 5.91 Å². The third-order valence-corrected chi connectivity index (χ3v) is 4.94. The summed E-state index contributed by atoms with van der Waals surface area (Å²) < 4.78 is 5.57. The zero-order valence-corrected chi connectivity index (χ0v) is 14.0. The SMILES string of the molecule is O=C(CSc1nnc(C2CC2)o1)N1CCN(c2ncccn2)CC1. The number of aromatic nitrogens is 4. The predicted molar refractivity (Wildman–Crippen MR) is 87.8 cm³/mol. The molecule has 0 N–H and O–H groups in total. The van der Waals surface area contributed by atoms with Crippen LogP contribution >= 0.6 is 11.8 Å². The van der Waals surface area contributed by atoms with Gasteiger partial charge in [0.05, 0.1) is 5.75 Å². The van der Waals surface area contributed by atoms with Gasteiger partial charge < -0.3 is 14.2 Å². The third-order valence-electron chi connectivity index (χ3n) is 4.14. The maximum absolute atomic E-state index is 12.3. The molecule has 1 saturated heterocycles. The van der Waals surface area contributed by atoms with Gasteiger partial charge in [-0.25, -0.2) is 9.97 Å². The summed E-state index contributed by atoms with van der Waals surface area (Å²) in [4.78, 5) is 24.8. The summed E-state index contributed by atoms with van der Waals surface area (Å²) in [5, 5.41) is 8.51. The van der Waals surface area contributed by atoms with E-state index in [0.29, 0.717) is 35.9 Å². The largest absolute Gasteiger partial charge is 0.416 e. The van der Waals surface area contributed by atoms with E-state index in [1.807, 2.05) is 4.90 Å². The van der Waals surface area contributed by atoms with Crippen molar-refractivity contribution in [3.63, 3.8) is 0 Å². The molecule has 2 aromatic heterocycles. The predicted octanol–water partition coefficient (Wildman–Crippen LogP) is 1.18. The van der Waals surface area contributed by atoms with Crippen LogP contribution in [0.4, 0.5) is 5.95 Å². The third kappa shape index (κ3) is 3.50. The Balaban J connectivity index is 1.25. The normalized spacial score (nSPS) is 18.0. The van der Waals surface area contributed by atoms with Gasteiger partial charge in [0, 0.05) is 44.5 Å². The van der Waals surface area contributed by atoms with E-state index >= 15 is 0 Å². The summed E-state index contributed by atoms with van der Waals surface area (Å²) in [6, 6.07) is 1.80. The molecule has 1 aliphatic heterocycles. The highest BCUT2D eigenvalue weighted by molar-refractivity contribution is 7.99. The van der Waals surface area contributed by atoms with Gasteiger partial charge >= 0.3 is 0 Å². The Bertz CT molecular complexity index is 697. The Morgan fingerprint density at radius 3 is 2.62 bits per heavy atom. The van der Waals surface area contributed by atoms with Crippen LogP contribution in [-0.4, -0.2) is 62.9 Å². The second-order valence-electron chi connectivity index (χ2n) is 5.89. The van der Waals surface area contributed by atoms with Crippen LogP contribution in [-0.2, 0) is 4.79 Å². The van der Waals surface area contributed by atoms with Crippen LogP contribution in [0.2, 0.25) is 0 Å². The Hall–Kier alpha value is -2.16. The van der Waals surface area contributed by atoms with Crippen molar-refractivity contribution in [2.24, 2.45) is 0 Å². The van der Waals surface area contributed by atoms with Crippen molar-refractivity contribution < 1.29 is 9.21 Å². The van der Waals surface area contributed by atoms with Crippen molar-refractivity contribution in [3.05, 3.63) is 24.4 Å². The molecule has 24 heavy (non-hydrogen) atoms. The molecule has 0 radical (unpaired) electrons. The smallest absolute Gasteiger partial charge is 0.277 e. The highest BCUT2D eigenvalue weighted by atomic mass is 32.2. The van der Waals surface area contributed by atoms with Crippen LogP contribution in [0.15, 0.2) is 28.1 Å². The first-order valence-electron chi connectivity index (χ1n) is 8.05. The summed E-state index contributed by atoms with van der Waals surface area (Å²) in [5.41, 5.74) is 0. The molecule has 1 aliphatic carbocycles. The Morgan fingerprint density at radius 2 is 1.92 bits per heavy atom. The average Bonchev–Trinajstić information content (AvgIpc) is 3.39. The van der Waals surface area contributed by atoms with Crippen LogP contribution in [0.5, 0.6) is 0 Å². The van der Waals surface area contributed by atoms with E-state index in [2.05, 4.69) is 25.1 Å². The van der Waals surface area contributed by atoms with Crippen molar-refractivity contribution in [3.8, 4) is 0 Å². The van der Waals surface area contributed by atoms with Crippen molar-refractivity contribution in [1.29, 1.82) is 0 Å². The van der Waals surface area contributed by atoms with Gasteiger partial charge in [0.2, 0.25) is 17.7 Å². The zero-order valence-electron chi connectivity index (χ0n) is 13.2. The molecule has 9 heteroatoms. The standard InChI is InChI=1S/C15H18N6O2S/c22-12(10-24-15-19-18-13(23-15)11-2-3-11)20-6-8-21(9-7-20)14-16-4-1-5-17-14/h1,4-5,11H,2-3,6-10H2. The first kappa shape index (κ1) is 15.4. The lowest BCUT2D eigenvalue weighted by Gasteiger charge is -2.34.